The topological polar surface area (TPSA) is 78.4 Å². The summed E-state index contributed by atoms with van der Waals surface area (Å²) in [5.41, 5.74) is 1.57. The summed E-state index contributed by atoms with van der Waals surface area (Å²) in [5, 5.41) is 14.3. The van der Waals surface area contributed by atoms with Crippen LogP contribution >= 0.6 is 0 Å². The molecule has 2 amide bonds. The van der Waals surface area contributed by atoms with Crippen LogP contribution in [0, 0.1) is 5.92 Å². The highest BCUT2D eigenvalue weighted by Gasteiger charge is 2.24. The first-order chi connectivity index (χ1) is 9.62. The Kier molecular flexibility index (Phi) is 5.35. The van der Waals surface area contributed by atoms with E-state index in [0.717, 1.165) is 5.56 Å². The molecule has 0 aliphatic rings. The van der Waals surface area contributed by atoms with E-state index in [1.807, 2.05) is 24.3 Å². The first-order valence-corrected chi connectivity index (χ1v) is 7.02. The van der Waals surface area contributed by atoms with E-state index in [1.165, 1.54) is 0 Å². The monoisotopic (exact) mass is 292 g/mol. The number of aliphatic carboxylic acids is 1. The molecule has 0 radical (unpaired) electrons. The zero-order valence-corrected chi connectivity index (χ0v) is 13.2. The first kappa shape index (κ1) is 17.0. The molecule has 1 aromatic carbocycles. The van der Waals surface area contributed by atoms with Crippen molar-refractivity contribution in [2.75, 3.05) is 5.32 Å². The second-order valence-corrected chi connectivity index (χ2v) is 6.45. The number of para-hydroxylation sites is 1. The van der Waals surface area contributed by atoms with Crippen LogP contribution in [-0.2, 0) is 10.2 Å². The summed E-state index contributed by atoms with van der Waals surface area (Å²) in [7, 11) is 0. The highest BCUT2D eigenvalue weighted by atomic mass is 16.4. The summed E-state index contributed by atoms with van der Waals surface area (Å²) in [6, 6.07) is 6.09. The van der Waals surface area contributed by atoms with Crippen molar-refractivity contribution in [2.45, 2.75) is 46.1 Å². The highest BCUT2D eigenvalue weighted by Crippen LogP contribution is 2.29. The Morgan fingerprint density at radius 3 is 2.19 bits per heavy atom. The second-order valence-electron chi connectivity index (χ2n) is 6.45. The fourth-order valence-electron chi connectivity index (χ4n) is 2.06. The van der Waals surface area contributed by atoms with Gasteiger partial charge in [-0.1, -0.05) is 52.8 Å². The van der Waals surface area contributed by atoms with Crippen molar-refractivity contribution in [1.82, 2.24) is 5.32 Å². The van der Waals surface area contributed by atoms with Crippen LogP contribution in [0.3, 0.4) is 0 Å². The van der Waals surface area contributed by atoms with Crippen LogP contribution in [0.4, 0.5) is 10.5 Å². The molecular formula is C16H24N2O3. The van der Waals surface area contributed by atoms with Crippen LogP contribution in [0.2, 0.25) is 0 Å². The molecule has 0 saturated heterocycles. The Morgan fingerprint density at radius 2 is 1.71 bits per heavy atom. The zero-order chi connectivity index (χ0) is 16.2. The number of carboxylic acids is 1. The number of anilines is 1. The van der Waals surface area contributed by atoms with Gasteiger partial charge in [-0.25, -0.2) is 9.59 Å². The van der Waals surface area contributed by atoms with Gasteiger partial charge in [-0.2, -0.15) is 0 Å². The highest BCUT2D eigenvalue weighted by molar-refractivity contribution is 5.93. The van der Waals surface area contributed by atoms with Crippen molar-refractivity contribution in [3.8, 4) is 0 Å². The quantitative estimate of drug-likeness (QED) is 0.797. The van der Waals surface area contributed by atoms with E-state index in [0.29, 0.717) is 5.69 Å². The summed E-state index contributed by atoms with van der Waals surface area (Å²) in [4.78, 5) is 23.1. The molecule has 0 aliphatic carbocycles. The van der Waals surface area contributed by atoms with Gasteiger partial charge in [0.15, 0.2) is 0 Å². The van der Waals surface area contributed by atoms with E-state index in [9.17, 15) is 9.59 Å². The van der Waals surface area contributed by atoms with Gasteiger partial charge in [-0.05, 0) is 23.0 Å². The maximum atomic E-state index is 12.0. The number of amides is 2. The summed E-state index contributed by atoms with van der Waals surface area (Å²) >= 11 is 0. The van der Waals surface area contributed by atoms with E-state index < -0.39 is 18.0 Å². The minimum Gasteiger partial charge on any atom is -0.480 e. The average Bonchev–Trinajstić information content (AvgIpc) is 2.34. The fourth-order valence-corrected chi connectivity index (χ4v) is 2.06. The molecule has 21 heavy (non-hydrogen) atoms. The van der Waals surface area contributed by atoms with E-state index in [-0.39, 0.29) is 11.3 Å². The molecule has 1 aromatic rings. The van der Waals surface area contributed by atoms with Crippen LogP contribution in [0.25, 0.3) is 0 Å². The van der Waals surface area contributed by atoms with Crippen LogP contribution in [-0.4, -0.2) is 23.1 Å². The first-order valence-electron chi connectivity index (χ1n) is 7.02. The number of rotatable bonds is 4. The average molecular weight is 292 g/mol. The molecule has 1 atom stereocenters. The van der Waals surface area contributed by atoms with Gasteiger partial charge in [-0.3, -0.25) is 0 Å². The maximum absolute atomic E-state index is 12.0. The number of benzene rings is 1. The lowest BCUT2D eigenvalue weighted by atomic mass is 9.86. The van der Waals surface area contributed by atoms with Crippen molar-refractivity contribution in [3.05, 3.63) is 29.8 Å². The Bertz CT molecular complexity index is 518. The van der Waals surface area contributed by atoms with Crippen LogP contribution < -0.4 is 10.6 Å². The van der Waals surface area contributed by atoms with Crippen molar-refractivity contribution in [3.63, 3.8) is 0 Å². The Labute approximate surface area is 125 Å². The molecule has 5 heteroatoms. The van der Waals surface area contributed by atoms with E-state index in [2.05, 4.69) is 31.4 Å². The largest absolute Gasteiger partial charge is 0.480 e. The maximum Gasteiger partial charge on any atom is 0.326 e. The normalized spacial score (nSPS) is 12.9. The molecule has 0 saturated carbocycles. The minimum absolute atomic E-state index is 0.117. The summed E-state index contributed by atoms with van der Waals surface area (Å²) in [6.07, 6.45) is 0. The van der Waals surface area contributed by atoms with Crippen LogP contribution in [0.1, 0.15) is 40.2 Å². The van der Waals surface area contributed by atoms with Gasteiger partial charge in [0.1, 0.15) is 6.04 Å². The van der Waals surface area contributed by atoms with Gasteiger partial charge in [0.25, 0.3) is 0 Å². The number of hydrogen-bond donors (Lipinski definition) is 3. The van der Waals surface area contributed by atoms with Crippen molar-refractivity contribution in [2.24, 2.45) is 5.92 Å². The van der Waals surface area contributed by atoms with Gasteiger partial charge in [0, 0.05) is 5.69 Å². The number of nitrogens with one attached hydrogen (secondary N) is 2. The van der Waals surface area contributed by atoms with Crippen molar-refractivity contribution in [1.29, 1.82) is 0 Å². The summed E-state index contributed by atoms with van der Waals surface area (Å²) in [6.45, 7) is 9.67. The predicted molar refractivity (Wildman–Crippen MR) is 83.6 cm³/mol. The third-order valence-corrected chi connectivity index (χ3v) is 3.20. The number of carboxylic acid groups (broad SMARTS) is 1. The molecule has 0 aromatic heterocycles. The van der Waals surface area contributed by atoms with Crippen LogP contribution in [0.15, 0.2) is 24.3 Å². The smallest absolute Gasteiger partial charge is 0.326 e. The fraction of sp³-hybridized carbons (Fsp3) is 0.500. The molecule has 0 bridgehead atoms. The molecule has 3 N–H and O–H groups in total. The predicted octanol–water partition coefficient (Wildman–Crippen LogP) is 3.21. The molecule has 1 unspecified atom stereocenters. The number of carbonyl (C=O) groups excluding carboxylic acids is 1. The summed E-state index contributed by atoms with van der Waals surface area (Å²) in [5.74, 6) is -1.23. The summed E-state index contributed by atoms with van der Waals surface area (Å²) < 4.78 is 0. The Hall–Kier alpha value is -2.04. The third kappa shape index (κ3) is 4.77. The van der Waals surface area contributed by atoms with Crippen LogP contribution in [0.5, 0.6) is 0 Å². The van der Waals surface area contributed by atoms with Gasteiger partial charge < -0.3 is 15.7 Å². The van der Waals surface area contributed by atoms with Gasteiger partial charge in [0.05, 0.1) is 0 Å². The standard InChI is InChI=1S/C16H24N2O3/c1-10(2)13(14(19)20)18-15(21)17-12-9-7-6-8-11(12)16(3,4)5/h6-10,13H,1-5H3,(H,19,20)(H2,17,18,21). The Morgan fingerprint density at radius 1 is 1.14 bits per heavy atom. The molecular weight excluding hydrogens is 268 g/mol. The van der Waals surface area contributed by atoms with E-state index >= 15 is 0 Å². The van der Waals surface area contributed by atoms with E-state index in [4.69, 9.17) is 5.11 Å². The van der Waals surface area contributed by atoms with Gasteiger partial charge in [0.2, 0.25) is 0 Å². The lowest BCUT2D eigenvalue weighted by Gasteiger charge is -2.24. The number of carbonyl (C=O) groups is 2. The molecule has 5 nitrogen and oxygen atoms in total. The number of urea groups is 1. The van der Waals surface area contributed by atoms with Gasteiger partial charge in [-0.15, -0.1) is 0 Å². The molecule has 116 valence electrons. The SMILES string of the molecule is CC(C)C(NC(=O)Nc1ccccc1C(C)(C)C)C(=O)O. The third-order valence-electron chi connectivity index (χ3n) is 3.20. The van der Waals surface area contributed by atoms with Crippen molar-refractivity contribution < 1.29 is 14.7 Å². The second kappa shape index (κ2) is 6.61. The molecule has 0 spiro atoms. The minimum atomic E-state index is -1.04. The Balaban J connectivity index is 2.87. The van der Waals surface area contributed by atoms with Crippen molar-refractivity contribution >= 4 is 17.7 Å². The lowest BCUT2D eigenvalue weighted by molar-refractivity contribution is -0.140. The van der Waals surface area contributed by atoms with E-state index in [1.54, 1.807) is 13.8 Å². The molecule has 1 rings (SSSR count). The molecule has 0 heterocycles. The number of hydrogen-bond acceptors (Lipinski definition) is 2. The molecule has 0 fully saturated rings. The lowest BCUT2D eigenvalue weighted by Crippen LogP contribution is -2.46. The van der Waals surface area contributed by atoms with Gasteiger partial charge >= 0.3 is 12.0 Å². The molecule has 0 aliphatic heterocycles. The zero-order valence-electron chi connectivity index (χ0n) is 13.2.